The maximum Gasteiger partial charge on any atom is 0.311 e. The lowest BCUT2D eigenvalue weighted by atomic mass is 10.0. The summed E-state index contributed by atoms with van der Waals surface area (Å²) in [6, 6.07) is 14.6. The van der Waals surface area contributed by atoms with Crippen LogP contribution >= 0.6 is 0 Å². The highest BCUT2D eigenvalue weighted by Gasteiger charge is 2.11. The number of aromatic hydroxyl groups is 1. The molecule has 128 valence electrons. The number of hydrogen-bond acceptors (Lipinski definition) is 5. The monoisotopic (exact) mass is 345 g/mol. The van der Waals surface area contributed by atoms with Crippen molar-refractivity contribution in [3.63, 3.8) is 0 Å². The van der Waals surface area contributed by atoms with Crippen LogP contribution in [0.1, 0.15) is 11.3 Å². The third-order valence-corrected chi connectivity index (χ3v) is 4.05. The van der Waals surface area contributed by atoms with Gasteiger partial charge in [0.25, 0.3) is 0 Å². The fourth-order valence-corrected chi connectivity index (χ4v) is 2.74. The van der Waals surface area contributed by atoms with Gasteiger partial charge < -0.3 is 5.11 Å². The molecule has 2 aromatic heterocycles. The summed E-state index contributed by atoms with van der Waals surface area (Å²) in [6.45, 7) is 1.63. The molecule has 0 saturated carbocycles. The van der Waals surface area contributed by atoms with Crippen LogP contribution < -0.4 is 5.56 Å². The van der Waals surface area contributed by atoms with Crippen molar-refractivity contribution < 1.29 is 5.11 Å². The second-order valence-corrected chi connectivity index (χ2v) is 5.74. The molecule has 0 fully saturated rings. The molecule has 0 amide bonds. The van der Waals surface area contributed by atoms with E-state index in [1.807, 2.05) is 30.3 Å². The van der Waals surface area contributed by atoms with Gasteiger partial charge in [0.05, 0.1) is 11.9 Å². The van der Waals surface area contributed by atoms with Crippen LogP contribution in [-0.4, -0.2) is 31.0 Å². The molecule has 0 aliphatic rings. The summed E-state index contributed by atoms with van der Waals surface area (Å²) in [4.78, 5) is 18.9. The minimum Gasteiger partial charge on any atom is -0.507 e. The molecule has 1 N–H and O–H groups in total. The van der Waals surface area contributed by atoms with E-state index in [0.29, 0.717) is 16.9 Å². The molecule has 0 bridgehead atoms. The number of nitrogens with zero attached hydrogens (tertiary/aromatic N) is 5. The van der Waals surface area contributed by atoms with Gasteiger partial charge in [-0.15, -0.1) is 14.7 Å². The highest BCUT2D eigenvalue weighted by Crippen LogP contribution is 2.25. The van der Waals surface area contributed by atoms with Crippen LogP contribution in [0, 0.1) is 6.92 Å². The first-order valence-corrected chi connectivity index (χ1v) is 7.99. The van der Waals surface area contributed by atoms with Crippen molar-refractivity contribution >= 4 is 17.0 Å². The average Bonchev–Trinajstić information content (AvgIpc) is 2.96. The second-order valence-electron chi connectivity index (χ2n) is 5.74. The normalized spacial score (nSPS) is 11.4. The number of phenols is 1. The standard InChI is InChI=1S/C19H15N5O2/c1-13-19(26)24(23(22-13)15-8-10-20-11-9-15)21-12-17-16-5-3-2-4-14(16)6-7-18(17)25/h2-12,25H,1H3/b21-12-. The minimum absolute atomic E-state index is 0.0900. The molecule has 4 aromatic rings. The van der Waals surface area contributed by atoms with Crippen LogP contribution in [0.15, 0.2) is 70.8 Å². The molecule has 0 spiro atoms. The SMILES string of the molecule is Cc1nn(-c2ccncc2)n(/N=C\c2c(O)ccc3ccccc23)c1=O. The number of aryl methyl sites for hydroxylation is 1. The second kappa shape index (κ2) is 6.29. The predicted molar refractivity (Wildman–Crippen MR) is 99.0 cm³/mol. The van der Waals surface area contributed by atoms with Gasteiger partial charge >= 0.3 is 5.56 Å². The Morgan fingerprint density at radius 1 is 1.08 bits per heavy atom. The Hall–Kier alpha value is -3.74. The first-order chi connectivity index (χ1) is 12.6. The van der Waals surface area contributed by atoms with Crippen molar-refractivity contribution in [2.75, 3.05) is 0 Å². The molecule has 0 unspecified atom stereocenters. The van der Waals surface area contributed by atoms with E-state index >= 15 is 0 Å². The van der Waals surface area contributed by atoms with Gasteiger partial charge in [-0.05, 0) is 35.9 Å². The molecule has 0 radical (unpaired) electrons. The zero-order chi connectivity index (χ0) is 18.1. The van der Waals surface area contributed by atoms with E-state index in [4.69, 9.17) is 0 Å². The fraction of sp³-hybridized carbons (Fsp3) is 0.0526. The molecule has 0 aliphatic carbocycles. The smallest absolute Gasteiger partial charge is 0.311 e. The van der Waals surface area contributed by atoms with Crippen molar-refractivity contribution in [1.82, 2.24) is 19.7 Å². The van der Waals surface area contributed by atoms with Crippen LogP contribution in [-0.2, 0) is 0 Å². The first-order valence-electron chi connectivity index (χ1n) is 7.99. The first kappa shape index (κ1) is 15.8. The van der Waals surface area contributed by atoms with E-state index < -0.39 is 0 Å². The van der Waals surface area contributed by atoms with Gasteiger partial charge in [0, 0.05) is 18.0 Å². The third kappa shape index (κ3) is 2.65. The maximum atomic E-state index is 12.4. The average molecular weight is 345 g/mol. The molecular formula is C19H15N5O2. The number of aromatic nitrogens is 4. The van der Waals surface area contributed by atoms with Gasteiger partial charge in [-0.2, -0.15) is 5.10 Å². The van der Waals surface area contributed by atoms with Crippen molar-refractivity contribution in [1.29, 1.82) is 0 Å². The van der Waals surface area contributed by atoms with Crippen LogP contribution in [0.5, 0.6) is 5.75 Å². The molecule has 7 nitrogen and oxygen atoms in total. The molecular weight excluding hydrogens is 330 g/mol. The number of fused-ring (bicyclic) bond motifs is 1. The third-order valence-electron chi connectivity index (χ3n) is 4.05. The summed E-state index contributed by atoms with van der Waals surface area (Å²) in [5.41, 5.74) is 1.18. The van der Waals surface area contributed by atoms with E-state index in [9.17, 15) is 9.90 Å². The number of phenolic OH excluding ortho intramolecular Hbond substituents is 1. The number of pyridine rings is 1. The van der Waals surface area contributed by atoms with Crippen LogP contribution in [0.3, 0.4) is 0 Å². The van der Waals surface area contributed by atoms with Gasteiger partial charge in [-0.25, -0.2) is 0 Å². The summed E-state index contributed by atoms with van der Waals surface area (Å²) in [5, 5.41) is 20.6. The molecule has 4 rings (SSSR count). The number of hydrogen-bond donors (Lipinski definition) is 1. The lowest BCUT2D eigenvalue weighted by molar-refractivity contribution is 0.475. The molecule has 2 heterocycles. The summed E-state index contributed by atoms with van der Waals surface area (Å²) in [5.74, 6) is 0.0900. The van der Waals surface area contributed by atoms with Crippen LogP contribution in [0.2, 0.25) is 0 Å². The Balaban J connectivity index is 1.87. The number of benzene rings is 2. The van der Waals surface area contributed by atoms with E-state index in [1.54, 1.807) is 37.5 Å². The summed E-state index contributed by atoms with van der Waals surface area (Å²) in [6.07, 6.45) is 4.70. The predicted octanol–water partition coefficient (Wildman–Crippen LogP) is 2.48. The Morgan fingerprint density at radius 2 is 1.85 bits per heavy atom. The molecule has 0 saturated heterocycles. The Kier molecular flexibility index (Phi) is 3.81. The van der Waals surface area contributed by atoms with Crippen LogP contribution in [0.25, 0.3) is 16.5 Å². The quantitative estimate of drug-likeness (QED) is 0.578. The molecule has 0 atom stereocenters. The van der Waals surface area contributed by atoms with Crippen molar-refractivity contribution in [2.45, 2.75) is 6.92 Å². The Labute approximate surface area is 148 Å². The van der Waals surface area contributed by atoms with Gasteiger partial charge in [-0.1, -0.05) is 30.3 Å². The van der Waals surface area contributed by atoms with Gasteiger partial charge in [0.15, 0.2) is 0 Å². The Bertz CT molecular complexity index is 1180. The number of rotatable bonds is 3. The van der Waals surface area contributed by atoms with E-state index in [0.717, 1.165) is 15.6 Å². The van der Waals surface area contributed by atoms with Crippen LogP contribution in [0.4, 0.5) is 0 Å². The fourth-order valence-electron chi connectivity index (χ4n) is 2.74. The zero-order valence-corrected chi connectivity index (χ0v) is 13.9. The molecule has 0 aliphatic heterocycles. The summed E-state index contributed by atoms with van der Waals surface area (Å²) < 4.78 is 0. The molecule has 2 aromatic carbocycles. The largest absolute Gasteiger partial charge is 0.507 e. The maximum absolute atomic E-state index is 12.4. The topological polar surface area (TPSA) is 85.3 Å². The van der Waals surface area contributed by atoms with Gasteiger partial charge in [0.1, 0.15) is 11.4 Å². The van der Waals surface area contributed by atoms with E-state index in [-0.39, 0.29) is 11.3 Å². The van der Waals surface area contributed by atoms with Crippen molar-refractivity contribution in [3.8, 4) is 11.4 Å². The lowest BCUT2D eigenvalue weighted by Gasteiger charge is -2.06. The van der Waals surface area contributed by atoms with Crippen molar-refractivity contribution in [2.24, 2.45) is 5.10 Å². The lowest BCUT2D eigenvalue weighted by Crippen LogP contribution is -2.19. The molecule has 26 heavy (non-hydrogen) atoms. The summed E-state index contributed by atoms with van der Waals surface area (Å²) in [7, 11) is 0. The Morgan fingerprint density at radius 3 is 2.65 bits per heavy atom. The summed E-state index contributed by atoms with van der Waals surface area (Å²) >= 11 is 0. The highest BCUT2D eigenvalue weighted by atomic mass is 16.3. The molecule has 7 heteroatoms. The zero-order valence-electron chi connectivity index (χ0n) is 13.9. The van der Waals surface area contributed by atoms with Gasteiger partial charge in [-0.3, -0.25) is 9.78 Å². The van der Waals surface area contributed by atoms with Gasteiger partial charge in [0.2, 0.25) is 0 Å². The minimum atomic E-state index is -0.335. The van der Waals surface area contributed by atoms with E-state index in [2.05, 4.69) is 15.2 Å². The van der Waals surface area contributed by atoms with E-state index in [1.165, 1.54) is 11.0 Å². The van der Waals surface area contributed by atoms with Crippen molar-refractivity contribution in [3.05, 3.63) is 82.5 Å². The highest BCUT2D eigenvalue weighted by molar-refractivity contribution is 6.02.